The maximum atomic E-state index is 10.4. The van der Waals surface area contributed by atoms with Crippen molar-refractivity contribution in [3.05, 3.63) is 65.2 Å². The number of aliphatic hydroxyl groups excluding tert-OH is 1. The number of nitrogens with zero attached hydrogens (tertiary/aromatic N) is 1. The predicted molar refractivity (Wildman–Crippen MR) is 87.9 cm³/mol. The molecule has 0 aromatic heterocycles. The first kappa shape index (κ1) is 15.5. The highest BCUT2D eigenvalue weighted by molar-refractivity contribution is 5.39. The smallest absolute Gasteiger partial charge is 0.0917 e. The van der Waals surface area contributed by atoms with E-state index in [0.29, 0.717) is 6.54 Å². The fourth-order valence-corrected chi connectivity index (χ4v) is 2.40. The van der Waals surface area contributed by atoms with E-state index in [1.807, 2.05) is 24.3 Å². The van der Waals surface area contributed by atoms with Gasteiger partial charge in [-0.25, -0.2) is 0 Å². The zero-order valence-corrected chi connectivity index (χ0v) is 12.8. The molecule has 2 rings (SSSR count). The summed E-state index contributed by atoms with van der Waals surface area (Å²) in [4.78, 5) is 2.25. The highest BCUT2D eigenvalue weighted by Crippen LogP contribution is 2.18. The zero-order valence-electron chi connectivity index (χ0n) is 12.8. The maximum Gasteiger partial charge on any atom is 0.0917 e. The number of nitrogen functional groups attached to an aromatic ring is 1. The van der Waals surface area contributed by atoms with Gasteiger partial charge in [0.25, 0.3) is 0 Å². The minimum atomic E-state index is -0.491. The van der Waals surface area contributed by atoms with Crippen molar-refractivity contribution in [2.24, 2.45) is 0 Å². The lowest BCUT2D eigenvalue weighted by atomic mass is 10.1. The van der Waals surface area contributed by atoms with Gasteiger partial charge in [-0.1, -0.05) is 43.3 Å². The molecule has 1 atom stereocenters. The molecule has 1 unspecified atom stereocenters. The molecule has 0 aliphatic carbocycles. The Balaban J connectivity index is 2.02. The molecule has 3 nitrogen and oxygen atoms in total. The molecule has 0 fully saturated rings. The minimum absolute atomic E-state index is 0.491. The van der Waals surface area contributed by atoms with Crippen LogP contribution in [0.25, 0.3) is 0 Å². The Morgan fingerprint density at radius 2 is 1.76 bits per heavy atom. The Bertz CT molecular complexity index is 566. The third-order valence-corrected chi connectivity index (χ3v) is 3.85. The number of rotatable bonds is 6. The van der Waals surface area contributed by atoms with Crippen molar-refractivity contribution in [3.63, 3.8) is 0 Å². The summed E-state index contributed by atoms with van der Waals surface area (Å²) in [5, 5.41) is 10.4. The van der Waals surface area contributed by atoms with Gasteiger partial charge < -0.3 is 10.8 Å². The molecule has 0 amide bonds. The number of anilines is 1. The molecular formula is C18H24N2O. The molecule has 21 heavy (non-hydrogen) atoms. The molecule has 0 spiro atoms. The van der Waals surface area contributed by atoms with E-state index in [2.05, 4.69) is 43.0 Å². The van der Waals surface area contributed by atoms with E-state index < -0.39 is 6.10 Å². The van der Waals surface area contributed by atoms with Crippen molar-refractivity contribution in [3.8, 4) is 0 Å². The SMILES string of the molecule is CCN(Cc1ccccc1C)CC(O)c1ccc(N)cc1. The van der Waals surface area contributed by atoms with Crippen LogP contribution < -0.4 is 5.73 Å². The summed E-state index contributed by atoms with van der Waals surface area (Å²) in [6, 6.07) is 15.8. The number of benzene rings is 2. The standard InChI is InChI=1S/C18H24N2O/c1-3-20(12-16-7-5-4-6-14(16)2)13-18(21)15-8-10-17(19)11-9-15/h4-11,18,21H,3,12-13,19H2,1-2H3. The van der Waals surface area contributed by atoms with Crippen LogP contribution >= 0.6 is 0 Å². The number of aliphatic hydroxyl groups is 1. The van der Waals surface area contributed by atoms with E-state index in [1.54, 1.807) is 0 Å². The van der Waals surface area contributed by atoms with E-state index in [-0.39, 0.29) is 0 Å². The van der Waals surface area contributed by atoms with Gasteiger partial charge in [-0.05, 0) is 42.3 Å². The molecule has 0 saturated heterocycles. The van der Waals surface area contributed by atoms with Crippen molar-refractivity contribution >= 4 is 5.69 Å². The topological polar surface area (TPSA) is 49.5 Å². The molecule has 3 heteroatoms. The second kappa shape index (κ2) is 7.25. The Kier molecular flexibility index (Phi) is 5.37. The zero-order chi connectivity index (χ0) is 15.2. The van der Waals surface area contributed by atoms with Crippen LogP contribution in [0.5, 0.6) is 0 Å². The average molecular weight is 284 g/mol. The summed E-state index contributed by atoms with van der Waals surface area (Å²) < 4.78 is 0. The van der Waals surface area contributed by atoms with E-state index >= 15 is 0 Å². The molecule has 0 radical (unpaired) electrons. The highest BCUT2D eigenvalue weighted by Gasteiger charge is 2.13. The van der Waals surface area contributed by atoms with E-state index in [4.69, 9.17) is 5.73 Å². The van der Waals surface area contributed by atoms with Crippen molar-refractivity contribution in [2.75, 3.05) is 18.8 Å². The van der Waals surface area contributed by atoms with Crippen LogP contribution in [0.1, 0.15) is 29.7 Å². The number of hydrogen-bond acceptors (Lipinski definition) is 3. The largest absolute Gasteiger partial charge is 0.399 e. The molecule has 0 heterocycles. The lowest BCUT2D eigenvalue weighted by Gasteiger charge is -2.24. The average Bonchev–Trinajstić information content (AvgIpc) is 2.49. The van der Waals surface area contributed by atoms with Crippen LogP contribution in [-0.2, 0) is 6.54 Å². The van der Waals surface area contributed by atoms with Gasteiger partial charge in [-0.15, -0.1) is 0 Å². The van der Waals surface area contributed by atoms with Crippen LogP contribution in [0.15, 0.2) is 48.5 Å². The van der Waals surface area contributed by atoms with Crippen molar-refractivity contribution in [2.45, 2.75) is 26.5 Å². The quantitative estimate of drug-likeness (QED) is 0.801. The molecule has 3 N–H and O–H groups in total. The Hall–Kier alpha value is -1.84. The molecule has 2 aromatic rings. The van der Waals surface area contributed by atoms with Gasteiger partial charge in [-0.2, -0.15) is 0 Å². The summed E-state index contributed by atoms with van der Waals surface area (Å²) in [5.74, 6) is 0. The summed E-state index contributed by atoms with van der Waals surface area (Å²) in [7, 11) is 0. The van der Waals surface area contributed by atoms with Crippen LogP contribution in [0.4, 0.5) is 5.69 Å². The highest BCUT2D eigenvalue weighted by atomic mass is 16.3. The maximum absolute atomic E-state index is 10.4. The van der Waals surface area contributed by atoms with E-state index in [1.165, 1.54) is 11.1 Å². The molecule has 112 valence electrons. The summed E-state index contributed by atoms with van der Waals surface area (Å²) in [5.41, 5.74) is 9.91. The van der Waals surface area contributed by atoms with Crippen LogP contribution in [0.2, 0.25) is 0 Å². The monoisotopic (exact) mass is 284 g/mol. The second-order valence-electron chi connectivity index (χ2n) is 5.44. The van der Waals surface area contributed by atoms with E-state index in [0.717, 1.165) is 24.3 Å². The van der Waals surface area contributed by atoms with Gasteiger partial charge >= 0.3 is 0 Å². The van der Waals surface area contributed by atoms with Gasteiger partial charge in [0.15, 0.2) is 0 Å². The number of aryl methyl sites for hydroxylation is 1. The predicted octanol–water partition coefficient (Wildman–Crippen LogP) is 3.13. The lowest BCUT2D eigenvalue weighted by Crippen LogP contribution is -2.28. The summed E-state index contributed by atoms with van der Waals surface area (Å²) in [6.07, 6.45) is -0.491. The first-order valence-corrected chi connectivity index (χ1v) is 7.40. The van der Waals surface area contributed by atoms with Crippen LogP contribution in [0.3, 0.4) is 0 Å². The third kappa shape index (κ3) is 4.31. The fourth-order valence-electron chi connectivity index (χ4n) is 2.40. The van der Waals surface area contributed by atoms with Gasteiger partial charge in [-0.3, -0.25) is 4.90 Å². The summed E-state index contributed by atoms with van der Waals surface area (Å²) >= 11 is 0. The van der Waals surface area contributed by atoms with Crippen LogP contribution in [-0.4, -0.2) is 23.1 Å². The number of likely N-dealkylation sites (N-methyl/N-ethyl adjacent to an activating group) is 1. The third-order valence-electron chi connectivity index (χ3n) is 3.85. The van der Waals surface area contributed by atoms with Crippen molar-refractivity contribution < 1.29 is 5.11 Å². The Labute approximate surface area is 127 Å². The van der Waals surface area contributed by atoms with E-state index in [9.17, 15) is 5.11 Å². The second-order valence-corrected chi connectivity index (χ2v) is 5.44. The van der Waals surface area contributed by atoms with Gasteiger partial charge in [0.2, 0.25) is 0 Å². The molecule has 0 aliphatic heterocycles. The van der Waals surface area contributed by atoms with Crippen molar-refractivity contribution in [1.29, 1.82) is 0 Å². The Morgan fingerprint density at radius 1 is 1.10 bits per heavy atom. The van der Waals surface area contributed by atoms with Gasteiger partial charge in [0.05, 0.1) is 6.10 Å². The van der Waals surface area contributed by atoms with Gasteiger partial charge in [0.1, 0.15) is 0 Å². The summed E-state index contributed by atoms with van der Waals surface area (Å²) in [6.45, 7) is 6.62. The van der Waals surface area contributed by atoms with Crippen molar-refractivity contribution in [1.82, 2.24) is 4.90 Å². The number of hydrogen-bond donors (Lipinski definition) is 2. The normalized spacial score (nSPS) is 12.6. The molecule has 2 aromatic carbocycles. The molecular weight excluding hydrogens is 260 g/mol. The first-order chi connectivity index (χ1) is 10.1. The lowest BCUT2D eigenvalue weighted by molar-refractivity contribution is 0.112. The first-order valence-electron chi connectivity index (χ1n) is 7.40. The molecule has 0 bridgehead atoms. The van der Waals surface area contributed by atoms with Crippen LogP contribution in [0, 0.1) is 6.92 Å². The molecule has 0 saturated carbocycles. The fraction of sp³-hybridized carbons (Fsp3) is 0.333. The minimum Gasteiger partial charge on any atom is -0.399 e. The number of nitrogens with two attached hydrogens (primary N) is 1. The van der Waals surface area contributed by atoms with Gasteiger partial charge in [0, 0.05) is 18.8 Å². The Morgan fingerprint density at radius 3 is 2.38 bits per heavy atom. The molecule has 0 aliphatic rings.